The number of halogens is 3. The molecule has 19 heavy (non-hydrogen) atoms. The van der Waals surface area contributed by atoms with Crippen molar-refractivity contribution in [3.8, 4) is 0 Å². The smallest absolute Gasteiger partial charge is 0.368 e. The Hall–Kier alpha value is -0.820. The van der Waals surface area contributed by atoms with Crippen LogP contribution in [0.2, 0.25) is 0 Å². The summed E-state index contributed by atoms with van der Waals surface area (Å²) in [6.07, 6.45) is -0.953. The molecule has 110 valence electrons. The van der Waals surface area contributed by atoms with E-state index in [-0.39, 0.29) is 18.0 Å². The largest absolute Gasteiger partial charge is 0.401 e. The summed E-state index contributed by atoms with van der Waals surface area (Å²) in [5.74, 6) is -0.356. The van der Waals surface area contributed by atoms with E-state index in [1.807, 2.05) is 4.90 Å². The molecule has 0 aromatic carbocycles. The fourth-order valence-electron chi connectivity index (χ4n) is 3.23. The molecule has 0 bridgehead atoms. The lowest BCUT2D eigenvalue weighted by Gasteiger charge is -2.39. The summed E-state index contributed by atoms with van der Waals surface area (Å²) < 4.78 is 37.3. The van der Waals surface area contributed by atoms with Crippen LogP contribution in [0.1, 0.15) is 25.7 Å². The van der Waals surface area contributed by atoms with E-state index in [1.165, 1.54) is 4.90 Å². The average molecular weight is 279 g/mol. The number of piperidine rings is 1. The Morgan fingerprint density at radius 1 is 1.21 bits per heavy atom. The van der Waals surface area contributed by atoms with Gasteiger partial charge in [0.1, 0.15) is 0 Å². The SMILES string of the molecule is NC(=O)C1CCCN1[C@@H]1CCCN(CC(F)(F)F)C1. The van der Waals surface area contributed by atoms with Crippen molar-refractivity contribution >= 4 is 5.91 Å². The molecular formula is C12H20F3N3O. The van der Waals surface area contributed by atoms with Gasteiger partial charge in [-0.2, -0.15) is 13.2 Å². The van der Waals surface area contributed by atoms with E-state index in [2.05, 4.69) is 0 Å². The molecule has 4 nitrogen and oxygen atoms in total. The molecule has 2 rings (SSSR count). The van der Waals surface area contributed by atoms with Crippen molar-refractivity contribution in [2.45, 2.75) is 43.9 Å². The molecule has 2 aliphatic heterocycles. The first-order valence-electron chi connectivity index (χ1n) is 6.71. The second-order valence-electron chi connectivity index (χ2n) is 5.44. The molecule has 1 unspecified atom stereocenters. The number of primary amides is 1. The highest BCUT2D eigenvalue weighted by molar-refractivity contribution is 5.80. The molecule has 0 radical (unpaired) electrons. The molecule has 0 aromatic rings. The van der Waals surface area contributed by atoms with Gasteiger partial charge in [-0.05, 0) is 38.8 Å². The zero-order valence-corrected chi connectivity index (χ0v) is 10.8. The van der Waals surface area contributed by atoms with Gasteiger partial charge in [0, 0.05) is 12.6 Å². The number of nitrogens with two attached hydrogens (primary N) is 1. The molecule has 0 spiro atoms. The van der Waals surface area contributed by atoms with Gasteiger partial charge in [-0.1, -0.05) is 0 Å². The minimum atomic E-state index is -4.16. The topological polar surface area (TPSA) is 49.6 Å². The monoisotopic (exact) mass is 279 g/mol. The first kappa shape index (κ1) is 14.6. The summed E-state index contributed by atoms with van der Waals surface area (Å²) in [7, 11) is 0. The number of hydrogen-bond donors (Lipinski definition) is 1. The third-order valence-electron chi connectivity index (χ3n) is 3.98. The molecule has 0 aliphatic carbocycles. The number of hydrogen-bond acceptors (Lipinski definition) is 3. The molecule has 0 aromatic heterocycles. The molecule has 2 saturated heterocycles. The highest BCUT2D eigenvalue weighted by atomic mass is 19.4. The second-order valence-corrected chi connectivity index (χ2v) is 5.44. The van der Waals surface area contributed by atoms with Crippen molar-refractivity contribution in [2.24, 2.45) is 5.73 Å². The first-order chi connectivity index (χ1) is 8.87. The molecule has 0 saturated carbocycles. The predicted molar refractivity (Wildman–Crippen MR) is 64.4 cm³/mol. The number of alkyl halides is 3. The molecule has 2 atom stereocenters. The van der Waals surface area contributed by atoms with Crippen molar-refractivity contribution in [3.63, 3.8) is 0 Å². The van der Waals surface area contributed by atoms with Gasteiger partial charge in [-0.3, -0.25) is 14.6 Å². The summed E-state index contributed by atoms with van der Waals surface area (Å²) in [6, 6.07) is -0.271. The Labute approximate surface area is 110 Å². The van der Waals surface area contributed by atoms with Crippen LogP contribution < -0.4 is 5.73 Å². The molecule has 7 heteroatoms. The van der Waals surface area contributed by atoms with E-state index in [9.17, 15) is 18.0 Å². The fraction of sp³-hybridized carbons (Fsp3) is 0.917. The third-order valence-corrected chi connectivity index (χ3v) is 3.98. The van der Waals surface area contributed by atoms with Crippen molar-refractivity contribution in [2.75, 3.05) is 26.2 Å². The van der Waals surface area contributed by atoms with Crippen molar-refractivity contribution in [3.05, 3.63) is 0 Å². The van der Waals surface area contributed by atoms with Crippen LogP contribution in [0.3, 0.4) is 0 Å². The first-order valence-corrected chi connectivity index (χ1v) is 6.71. The van der Waals surface area contributed by atoms with Crippen LogP contribution in [-0.2, 0) is 4.79 Å². The lowest BCUT2D eigenvalue weighted by Crippen LogP contribution is -2.53. The van der Waals surface area contributed by atoms with Gasteiger partial charge in [-0.25, -0.2) is 0 Å². The molecule has 2 N–H and O–H groups in total. The van der Waals surface area contributed by atoms with E-state index in [0.29, 0.717) is 13.1 Å². The Kier molecular flexibility index (Phi) is 4.35. The summed E-state index contributed by atoms with van der Waals surface area (Å²) >= 11 is 0. The van der Waals surface area contributed by atoms with E-state index >= 15 is 0 Å². The number of amides is 1. The van der Waals surface area contributed by atoms with Crippen molar-refractivity contribution in [1.29, 1.82) is 0 Å². The van der Waals surface area contributed by atoms with Crippen LogP contribution in [0.25, 0.3) is 0 Å². The van der Waals surface area contributed by atoms with Crippen LogP contribution in [0.4, 0.5) is 13.2 Å². The van der Waals surface area contributed by atoms with Crippen molar-refractivity contribution in [1.82, 2.24) is 9.80 Å². The number of nitrogens with zero attached hydrogens (tertiary/aromatic N) is 2. The molecule has 2 heterocycles. The maximum atomic E-state index is 12.4. The Morgan fingerprint density at radius 2 is 1.89 bits per heavy atom. The van der Waals surface area contributed by atoms with Crippen molar-refractivity contribution < 1.29 is 18.0 Å². The average Bonchev–Trinajstić information content (AvgIpc) is 2.75. The summed E-state index contributed by atoms with van der Waals surface area (Å²) in [5.41, 5.74) is 5.36. The van der Waals surface area contributed by atoms with Gasteiger partial charge >= 0.3 is 6.18 Å². The summed E-state index contributed by atoms with van der Waals surface area (Å²) in [6.45, 7) is 0.755. The third kappa shape index (κ3) is 3.82. The summed E-state index contributed by atoms with van der Waals surface area (Å²) in [5, 5.41) is 0. The van der Waals surface area contributed by atoms with Gasteiger partial charge in [0.25, 0.3) is 0 Å². The van der Waals surface area contributed by atoms with E-state index in [0.717, 1.165) is 32.2 Å². The number of rotatable bonds is 3. The zero-order chi connectivity index (χ0) is 14.0. The highest BCUT2D eigenvalue weighted by Gasteiger charge is 2.38. The van der Waals surface area contributed by atoms with Gasteiger partial charge in [0.2, 0.25) is 5.91 Å². The van der Waals surface area contributed by atoms with Crippen LogP contribution >= 0.6 is 0 Å². The van der Waals surface area contributed by atoms with Crippen LogP contribution in [-0.4, -0.2) is 60.1 Å². The number of carbonyl (C=O) groups is 1. The van der Waals surface area contributed by atoms with E-state index in [1.54, 1.807) is 0 Å². The maximum Gasteiger partial charge on any atom is 0.401 e. The second kappa shape index (κ2) is 5.66. The van der Waals surface area contributed by atoms with Gasteiger partial charge in [-0.15, -0.1) is 0 Å². The zero-order valence-electron chi connectivity index (χ0n) is 10.8. The predicted octanol–water partition coefficient (Wildman–Crippen LogP) is 0.963. The van der Waals surface area contributed by atoms with E-state index < -0.39 is 12.7 Å². The van der Waals surface area contributed by atoms with E-state index in [4.69, 9.17) is 5.73 Å². The van der Waals surface area contributed by atoms with Crippen LogP contribution in [0.15, 0.2) is 0 Å². The Morgan fingerprint density at radius 3 is 2.53 bits per heavy atom. The molecule has 2 fully saturated rings. The van der Waals surface area contributed by atoms with Gasteiger partial charge in [0.05, 0.1) is 12.6 Å². The number of carbonyl (C=O) groups excluding carboxylic acids is 1. The molecular weight excluding hydrogens is 259 g/mol. The van der Waals surface area contributed by atoms with Gasteiger partial charge < -0.3 is 5.73 Å². The highest BCUT2D eigenvalue weighted by Crippen LogP contribution is 2.27. The fourth-order valence-corrected chi connectivity index (χ4v) is 3.23. The molecule has 2 aliphatic rings. The minimum Gasteiger partial charge on any atom is -0.368 e. The maximum absolute atomic E-state index is 12.4. The standard InChI is InChI=1S/C12H20F3N3O/c13-12(14,15)8-17-5-1-3-9(7-17)18-6-2-4-10(18)11(16)19/h9-10H,1-8H2,(H2,16,19)/t9-,10?/m1/s1. The van der Waals surface area contributed by atoms with Crippen LogP contribution in [0.5, 0.6) is 0 Å². The van der Waals surface area contributed by atoms with Gasteiger partial charge in [0.15, 0.2) is 0 Å². The lowest BCUT2D eigenvalue weighted by atomic mass is 10.0. The molecule has 1 amide bonds. The Balaban J connectivity index is 1.95. The summed E-state index contributed by atoms with van der Waals surface area (Å²) in [4.78, 5) is 14.8. The minimum absolute atomic E-state index is 0.0242. The number of likely N-dealkylation sites (tertiary alicyclic amines) is 2. The Bertz CT molecular complexity index is 335. The quantitative estimate of drug-likeness (QED) is 0.837. The normalized spacial score (nSPS) is 30.7. The van der Waals surface area contributed by atoms with Crippen LogP contribution in [0, 0.1) is 0 Å². The lowest BCUT2D eigenvalue weighted by molar-refractivity contribution is -0.150.